The van der Waals surface area contributed by atoms with Gasteiger partial charge in [-0.3, -0.25) is 9.38 Å². The van der Waals surface area contributed by atoms with Gasteiger partial charge in [-0.15, -0.1) is 0 Å². The Bertz CT molecular complexity index is 1120. The molecular formula is C21H18N4O3. The number of aromatic nitrogens is 3. The van der Waals surface area contributed by atoms with Crippen LogP contribution in [0.4, 0.5) is 11.5 Å². The number of aromatic carboxylic acids is 1. The predicted molar refractivity (Wildman–Crippen MR) is 106 cm³/mol. The normalized spacial score (nSPS) is 10.8. The molecule has 2 aromatic heterocycles. The molecule has 2 aromatic carbocycles. The molecule has 28 heavy (non-hydrogen) atoms. The Labute approximate surface area is 161 Å². The molecule has 4 rings (SSSR count). The molecule has 4 aromatic rings. The van der Waals surface area contributed by atoms with Gasteiger partial charge in [0.05, 0.1) is 18.4 Å². The Morgan fingerprint density at radius 2 is 1.89 bits per heavy atom. The molecule has 2 N–H and O–H groups in total. The van der Waals surface area contributed by atoms with Gasteiger partial charge in [-0.05, 0) is 43.3 Å². The lowest BCUT2D eigenvalue weighted by Gasteiger charge is -2.10. The molecular weight excluding hydrogens is 356 g/mol. The maximum absolute atomic E-state index is 11.1. The summed E-state index contributed by atoms with van der Waals surface area (Å²) >= 11 is 0. The van der Waals surface area contributed by atoms with E-state index >= 15 is 0 Å². The van der Waals surface area contributed by atoms with Gasteiger partial charge in [-0.25, -0.2) is 9.78 Å². The Balaban J connectivity index is 1.75. The number of nitrogens with zero attached hydrogens (tertiary/aromatic N) is 3. The number of benzene rings is 2. The average Bonchev–Trinajstić information content (AvgIpc) is 3.08. The molecule has 2 heterocycles. The van der Waals surface area contributed by atoms with Crippen molar-refractivity contribution in [3.63, 3.8) is 0 Å². The quantitative estimate of drug-likeness (QED) is 0.525. The van der Waals surface area contributed by atoms with Crippen LogP contribution in [0.2, 0.25) is 0 Å². The third kappa shape index (κ3) is 3.37. The number of carboxylic acids is 1. The molecule has 0 radical (unpaired) electrons. The number of imidazole rings is 1. The zero-order valence-electron chi connectivity index (χ0n) is 15.2. The van der Waals surface area contributed by atoms with Crippen LogP contribution >= 0.6 is 0 Å². The van der Waals surface area contributed by atoms with Gasteiger partial charge in [0.15, 0.2) is 5.65 Å². The lowest BCUT2D eigenvalue weighted by atomic mass is 10.1. The number of ether oxygens (including phenoxy) is 1. The van der Waals surface area contributed by atoms with Crippen molar-refractivity contribution in [2.24, 2.45) is 0 Å². The number of fused-ring (bicyclic) bond motifs is 1. The molecule has 140 valence electrons. The number of carboxylic acid groups (broad SMARTS) is 1. The highest BCUT2D eigenvalue weighted by molar-refractivity contribution is 5.89. The fourth-order valence-corrected chi connectivity index (χ4v) is 2.94. The summed E-state index contributed by atoms with van der Waals surface area (Å²) in [7, 11) is 0. The lowest BCUT2D eigenvalue weighted by Crippen LogP contribution is -1.98. The van der Waals surface area contributed by atoms with Crippen molar-refractivity contribution in [2.45, 2.75) is 6.92 Å². The van der Waals surface area contributed by atoms with Gasteiger partial charge in [-0.2, -0.15) is 0 Å². The summed E-state index contributed by atoms with van der Waals surface area (Å²) in [5, 5.41) is 12.5. The predicted octanol–water partition coefficient (Wildman–Crippen LogP) is 4.24. The second-order valence-electron chi connectivity index (χ2n) is 6.08. The van der Waals surface area contributed by atoms with Crippen molar-refractivity contribution in [3.05, 3.63) is 72.7 Å². The third-order valence-corrected chi connectivity index (χ3v) is 4.26. The van der Waals surface area contributed by atoms with E-state index in [4.69, 9.17) is 9.84 Å². The van der Waals surface area contributed by atoms with Crippen molar-refractivity contribution in [2.75, 3.05) is 11.9 Å². The van der Waals surface area contributed by atoms with Gasteiger partial charge < -0.3 is 15.2 Å². The maximum Gasteiger partial charge on any atom is 0.335 e. The molecule has 0 fully saturated rings. The van der Waals surface area contributed by atoms with E-state index in [-0.39, 0.29) is 5.56 Å². The zero-order valence-corrected chi connectivity index (χ0v) is 15.2. The third-order valence-electron chi connectivity index (χ3n) is 4.26. The van der Waals surface area contributed by atoms with Crippen LogP contribution in [0.5, 0.6) is 5.75 Å². The van der Waals surface area contributed by atoms with Gasteiger partial charge in [-0.1, -0.05) is 12.1 Å². The summed E-state index contributed by atoms with van der Waals surface area (Å²) in [5.41, 5.74) is 3.31. The van der Waals surface area contributed by atoms with E-state index in [9.17, 15) is 4.79 Å². The van der Waals surface area contributed by atoms with Crippen LogP contribution in [0.3, 0.4) is 0 Å². The maximum atomic E-state index is 11.1. The average molecular weight is 374 g/mol. The van der Waals surface area contributed by atoms with Crippen molar-refractivity contribution < 1.29 is 14.6 Å². The summed E-state index contributed by atoms with van der Waals surface area (Å²) in [6, 6.07) is 14.3. The van der Waals surface area contributed by atoms with Crippen LogP contribution in [0.25, 0.3) is 16.9 Å². The van der Waals surface area contributed by atoms with Gasteiger partial charge in [0.2, 0.25) is 0 Å². The highest BCUT2D eigenvalue weighted by Crippen LogP contribution is 2.31. The molecule has 0 atom stereocenters. The minimum atomic E-state index is -0.960. The van der Waals surface area contributed by atoms with Crippen molar-refractivity contribution in [1.29, 1.82) is 0 Å². The Morgan fingerprint density at radius 1 is 1.14 bits per heavy atom. The van der Waals surface area contributed by atoms with Gasteiger partial charge in [0, 0.05) is 23.6 Å². The summed E-state index contributed by atoms with van der Waals surface area (Å²) in [6.07, 6.45) is 5.20. The van der Waals surface area contributed by atoms with Gasteiger partial charge in [0.25, 0.3) is 0 Å². The molecule has 0 aliphatic heterocycles. The molecule has 0 unspecified atom stereocenters. The topological polar surface area (TPSA) is 88.8 Å². The highest BCUT2D eigenvalue weighted by Gasteiger charge is 2.15. The first kappa shape index (κ1) is 17.5. The second-order valence-corrected chi connectivity index (χ2v) is 6.08. The summed E-state index contributed by atoms with van der Waals surface area (Å²) in [6.45, 7) is 2.56. The van der Waals surface area contributed by atoms with Crippen LogP contribution in [0.15, 0.2) is 67.1 Å². The van der Waals surface area contributed by atoms with Gasteiger partial charge >= 0.3 is 5.97 Å². The molecule has 7 heteroatoms. The summed E-state index contributed by atoms with van der Waals surface area (Å²) in [5.74, 6) is 0.614. The van der Waals surface area contributed by atoms with Crippen LogP contribution in [-0.2, 0) is 0 Å². The number of hydrogen-bond acceptors (Lipinski definition) is 5. The van der Waals surface area contributed by atoms with E-state index in [0.717, 1.165) is 22.8 Å². The monoisotopic (exact) mass is 374 g/mol. The second kappa shape index (κ2) is 7.40. The lowest BCUT2D eigenvalue weighted by molar-refractivity contribution is 0.0697. The molecule has 0 aliphatic carbocycles. The van der Waals surface area contributed by atoms with Crippen LogP contribution in [-0.4, -0.2) is 32.1 Å². The van der Waals surface area contributed by atoms with Crippen LogP contribution in [0.1, 0.15) is 17.3 Å². The molecule has 0 bridgehead atoms. The molecule has 0 amide bonds. The number of hydrogen-bond donors (Lipinski definition) is 2. The van der Waals surface area contributed by atoms with E-state index in [2.05, 4.69) is 15.3 Å². The fraction of sp³-hybridized carbons (Fsp3) is 0.0952. The van der Waals surface area contributed by atoms with E-state index < -0.39 is 5.97 Å². The molecule has 0 saturated heterocycles. The van der Waals surface area contributed by atoms with Crippen molar-refractivity contribution >= 4 is 23.1 Å². The fourth-order valence-electron chi connectivity index (χ4n) is 2.94. The Kier molecular flexibility index (Phi) is 4.63. The number of rotatable bonds is 6. The minimum Gasteiger partial charge on any atom is -0.494 e. The van der Waals surface area contributed by atoms with E-state index in [1.165, 1.54) is 0 Å². The zero-order chi connectivity index (χ0) is 19.5. The molecule has 0 saturated carbocycles. The van der Waals surface area contributed by atoms with Crippen molar-refractivity contribution in [1.82, 2.24) is 14.4 Å². The van der Waals surface area contributed by atoms with Crippen molar-refractivity contribution in [3.8, 4) is 17.0 Å². The van der Waals surface area contributed by atoms with Crippen LogP contribution in [0, 0.1) is 0 Å². The first-order valence-corrected chi connectivity index (χ1v) is 8.81. The number of nitrogens with one attached hydrogen (secondary N) is 1. The minimum absolute atomic E-state index is 0.232. The SMILES string of the molecule is CCOc1ccc(Nc2c(-c3ccc(C(=O)O)cc3)nc3cnccn23)cc1. The van der Waals surface area contributed by atoms with E-state index in [0.29, 0.717) is 17.9 Å². The van der Waals surface area contributed by atoms with E-state index in [1.54, 1.807) is 36.7 Å². The molecule has 7 nitrogen and oxygen atoms in total. The first-order chi connectivity index (χ1) is 13.7. The van der Waals surface area contributed by atoms with Gasteiger partial charge in [0.1, 0.15) is 17.3 Å². The van der Waals surface area contributed by atoms with Crippen LogP contribution < -0.4 is 10.1 Å². The molecule has 0 aliphatic rings. The number of carbonyl (C=O) groups is 1. The Morgan fingerprint density at radius 3 is 2.57 bits per heavy atom. The summed E-state index contributed by atoms with van der Waals surface area (Å²) in [4.78, 5) is 19.9. The highest BCUT2D eigenvalue weighted by atomic mass is 16.5. The Hall–Kier alpha value is -3.87. The first-order valence-electron chi connectivity index (χ1n) is 8.81. The molecule has 0 spiro atoms. The smallest absolute Gasteiger partial charge is 0.335 e. The van der Waals surface area contributed by atoms with E-state index in [1.807, 2.05) is 41.8 Å². The standard InChI is InChI=1S/C21H18N4O3/c1-2-28-17-9-7-16(8-10-17)23-20-19(24-18-13-22-11-12-25(18)20)14-3-5-15(6-4-14)21(26)27/h3-13,23H,2H2,1H3,(H,26,27). The largest absolute Gasteiger partial charge is 0.494 e. The summed E-state index contributed by atoms with van der Waals surface area (Å²) < 4.78 is 7.39. The number of anilines is 2.